The maximum Gasteiger partial charge on any atom is 0.246 e. The molecule has 4 atom stereocenters. The first-order valence-electron chi connectivity index (χ1n) is 10.2. The van der Waals surface area contributed by atoms with Crippen LogP contribution >= 0.6 is 0 Å². The first-order valence-corrected chi connectivity index (χ1v) is 10.2. The minimum atomic E-state index is -0.673. The van der Waals surface area contributed by atoms with Gasteiger partial charge in [0.25, 0.3) is 0 Å². The summed E-state index contributed by atoms with van der Waals surface area (Å²) < 4.78 is 40.7. The summed E-state index contributed by atoms with van der Waals surface area (Å²) in [7, 11) is 0. The number of fused-ring (bicyclic) bond motifs is 1. The van der Waals surface area contributed by atoms with Crippen LogP contribution in [0.15, 0.2) is 29.5 Å². The van der Waals surface area contributed by atoms with Gasteiger partial charge in [0.05, 0.1) is 12.2 Å². The summed E-state index contributed by atoms with van der Waals surface area (Å²) in [5.41, 5.74) is 5.95. The highest BCUT2D eigenvalue weighted by atomic mass is 19.1. The summed E-state index contributed by atoms with van der Waals surface area (Å²) in [6, 6.07) is 2.81. The van der Waals surface area contributed by atoms with Crippen molar-refractivity contribution in [3.63, 3.8) is 0 Å². The fourth-order valence-corrected chi connectivity index (χ4v) is 5.05. The number of benzene rings is 1. The first-order chi connectivity index (χ1) is 14.9. The molecule has 1 aromatic heterocycles. The molecule has 3 heterocycles. The number of amides is 1. The Morgan fingerprint density at radius 1 is 1.06 bits per heavy atom. The monoisotopic (exact) mass is 430 g/mol. The van der Waals surface area contributed by atoms with Crippen LogP contribution in [-0.2, 0) is 4.79 Å². The van der Waals surface area contributed by atoms with Gasteiger partial charge in [0.1, 0.15) is 11.6 Å². The predicted octanol–water partition coefficient (Wildman–Crippen LogP) is 2.90. The number of nitrogens with two attached hydrogens (primary N) is 1. The fraction of sp³-hybridized carbons (Fsp3) is 0.429. The van der Waals surface area contributed by atoms with Crippen molar-refractivity contribution in [2.45, 2.75) is 25.3 Å². The topological polar surface area (TPSA) is 87.7 Å². The zero-order chi connectivity index (χ0) is 21.7. The number of hydrazone groups is 1. The Morgan fingerprint density at radius 2 is 1.74 bits per heavy atom. The molecule has 1 aliphatic carbocycles. The number of aromatic nitrogens is 2. The van der Waals surface area contributed by atoms with Crippen LogP contribution in [0.4, 0.5) is 24.9 Å². The van der Waals surface area contributed by atoms with E-state index < -0.39 is 23.5 Å². The van der Waals surface area contributed by atoms with E-state index in [1.54, 1.807) is 6.21 Å². The van der Waals surface area contributed by atoms with Gasteiger partial charge in [-0.25, -0.2) is 23.2 Å². The summed E-state index contributed by atoms with van der Waals surface area (Å²) in [5.74, 6) is -1.54. The third-order valence-corrected chi connectivity index (χ3v) is 6.47. The molecule has 1 amide bonds. The van der Waals surface area contributed by atoms with Crippen LogP contribution in [0.2, 0.25) is 0 Å². The van der Waals surface area contributed by atoms with Gasteiger partial charge in [-0.15, -0.1) is 0 Å². The molecular weight excluding hydrogens is 409 g/mol. The normalized spacial score (nSPS) is 27.2. The Labute approximate surface area is 176 Å². The third-order valence-electron chi connectivity index (χ3n) is 6.47. The molecular formula is C21H21F3N6O. The summed E-state index contributed by atoms with van der Waals surface area (Å²) in [6.07, 6.45) is 4.48. The molecule has 7 nitrogen and oxygen atoms in total. The van der Waals surface area contributed by atoms with Crippen LogP contribution in [0.1, 0.15) is 30.9 Å². The van der Waals surface area contributed by atoms with E-state index in [4.69, 9.17) is 5.73 Å². The average Bonchev–Trinajstić information content (AvgIpc) is 3.43. The molecule has 0 spiro atoms. The lowest BCUT2D eigenvalue weighted by atomic mass is 10.0. The van der Waals surface area contributed by atoms with Crippen LogP contribution in [0.25, 0.3) is 0 Å². The third kappa shape index (κ3) is 3.60. The van der Waals surface area contributed by atoms with Crippen LogP contribution in [-0.4, -0.2) is 40.2 Å². The molecule has 3 aliphatic rings. The summed E-state index contributed by atoms with van der Waals surface area (Å²) in [5, 5.41) is 5.58. The lowest BCUT2D eigenvalue weighted by Crippen LogP contribution is -2.33. The Bertz CT molecular complexity index is 1030. The van der Waals surface area contributed by atoms with E-state index in [1.165, 1.54) is 17.1 Å². The van der Waals surface area contributed by atoms with Gasteiger partial charge in [0.2, 0.25) is 11.9 Å². The molecule has 2 aliphatic heterocycles. The predicted molar refractivity (Wildman–Crippen MR) is 107 cm³/mol. The highest BCUT2D eigenvalue weighted by Crippen LogP contribution is 2.44. The maximum absolute atomic E-state index is 13.7. The number of halogens is 3. The molecule has 1 saturated heterocycles. The van der Waals surface area contributed by atoms with Gasteiger partial charge >= 0.3 is 0 Å². The number of rotatable bonds is 3. The standard InChI is InChI=1S/C21H21F3N6O/c22-15-5-11(6-16(23)7-15)18-1-2-27-30(18)20(31)12-3-13-9-29(10-14(13)4-12)21-26-8-17(24)19(25)28-21/h2,5-8,12-14,18H,1,3-4,9-10H2,(H2,25,26,28)/t12?,13-,14+,18?. The number of carbonyl (C=O) groups is 1. The van der Waals surface area contributed by atoms with E-state index in [1.807, 2.05) is 4.90 Å². The molecule has 0 radical (unpaired) electrons. The van der Waals surface area contributed by atoms with Gasteiger partial charge in [-0.3, -0.25) is 4.79 Å². The Hall–Kier alpha value is -3.17. The average molecular weight is 430 g/mol. The van der Waals surface area contributed by atoms with Crippen molar-refractivity contribution in [2.24, 2.45) is 22.9 Å². The first kappa shape index (κ1) is 19.8. The van der Waals surface area contributed by atoms with E-state index in [9.17, 15) is 18.0 Å². The van der Waals surface area contributed by atoms with Crippen LogP contribution in [0.3, 0.4) is 0 Å². The van der Waals surface area contributed by atoms with Crippen molar-refractivity contribution in [3.8, 4) is 0 Å². The molecule has 0 bridgehead atoms. The van der Waals surface area contributed by atoms with Crippen molar-refractivity contribution in [1.82, 2.24) is 15.0 Å². The Balaban J connectivity index is 1.26. The number of nitrogen functional groups attached to an aromatic ring is 1. The second-order valence-corrected chi connectivity index (χ2v) is 8.43. The molecule has 5 rings (SSSR count). The van der Waals surface area contributed by atoms with Gasteiger partial charge < -0.3 is 10.6 Å². The number of hydrogen-bond acceptors (Lipinski definition) is 6. The molecule has 2 fully saturated rings. The SMILES string of the molecule is Nc1nc(N2C[C@H]3CC(C(=O)N4N=CCC4c4cc(F)cc(F)c4)C[C@H]3C2)ncc1F. The maximum atomic E-state index is 13.7. The van der Waals surface area contributed by atoms with Gasteiger partial charge in [0.15, 0.2) is 11.6 Å². The highest BCUT2D eigenvalue weighted by molar-refractivity contribution is 5.82. The van der Waals surface area contributed by atoms with E-state index >= 15 is 0 Å². The minimum Gasteiger partial charge on any atom is -0.381 e. The lowest BCUT2D eigenvalue weighted by molar-refractivity contribution is -0.137. The lowest BCUT2D eigenvalue weighted by Gasteiger charge is -2.26. The Morgan fingerprint density at radius 3 is 2.39 bits per heavy atom. The van der Waals surface area contributed by atoms with Crippen molar-refractivity contribution < 1.29 is 18.0 Å². The fourth-order valence-electron chi connectivity index (χ4n) is 5.05. The number of carbonyl (C=O) groups excluding carboxylic acids is 1. The molecule has 31 heavy (non-hydrogen) atoms. The van der Waals surface area contributed by atoms with Gasteiger partial charge in [0, 0.05) is 37.7 Å². The van der Waals surface area contributed by atoms with E-state index in [2.05, 4.69) is 15.1 Å². The Kier molecular flexibility index (Phi) is 4.79. The van der Waals surface area contributed by atoms with Crippen molar-refractivity contribution >= 4 is 23.9 Å². The second-order valence-electron chi connectivity index (χ2n) is 8.43. The summed E-state index contributed by atoms with van der Waals surface area (Å²) >= 11 is 0. The molecule has 1 saturated carbocycles. The van der Waals surface area contributed by atoms with Gasteiger partial charge in [-0.2, -0.15) is 10.1 Å². The minimum absolute atomic E-state index is 0.119. The molecule has 10 heteroatoms. The second kappa shape index (κ2) is 7.51. The molecule has 2 N–H and O–H groups in total. The van der Waals surface area contributed by atoms with Crippen LogP contribution in [0.5, 0.6) is 0 Å². The van der Waals surface area contributed by atoms with Crippen LogP contribution in [0, 0.1) is 35.2 Å². The van der Waals surface area contributed by atoms with E-state index in [0.29, 0.717) is 43.9 Å². The zero-order valence-corrected chi connectivity index (χ0v) is 16.6. The molecule has 162 valence electrons. The number of nitrogens with zero attached hydrogens (tertiary/aromatic N) is 5. The highest BCUT2D eigenvalue weighted by Gasteiger charge is 2.46. The van der Waals surface area contributed by atoms with Crippen molar-refractivity contribution in [1.29, 1.82) is 0 Å². The number of hydrogen-bond donors (Lipinski definition) is 1. The summed E-state index contributed by atoms with van der Waals surface area (Å²) in [6.45, 7) is 1.34. The summed E-state index contributed by atoms with van der Waals surface area (Å²) in [4.78, 5) is 23.2. The van der Waals surface area contributed by atoms with E-state index in [0.717, 1.165) is 12.3 Å². The van der Waals surface area contributed by atoms with Gasteiger partial charge in [-0.05, 0) is 42.4 Å². The van der Waals surface area contributed by atoms with Crippen LogP contribution < -0.4 is 10.6 Å². The van der Waals surface area contributed by atoms with E-state index in [-0.39, 0.29) is 29.5 Å². The van der Waals surface area contributed by atoms with Gasteiger partial charge in [-0.1, -0.05) is 0 Å². The molecule has 2 aromatic rings. The largest absolute Gasteiger partial charge is 0.381 e. The zero-order valence-electron chi connectivity index (χ0n) is 16.6. The number of anilines is 2. The quantitative estimate of drug-likeness (QED) is 0.809. The van der Waals surface area contributed by atoms with Crippen molar-refractivity contribution in [3.05, 3.63) is 47.4 Å². The smallest absolute Gasteiger partial charge is 0.246 e. The molecule has 1 aromatic carbocycles. The molecule has 2 unspecified atom stereocenters. The van der Waals surface area contributed by atoms with Crippen molar-refractivity contribution in [2.75, 3.05) is 23.7 Å².